The van der Waals surface area contributed by atoms with Crippen LogP contribution in [0.2, 0.25) is 0 Å². The topological polar surface area (TPSA) is 135 Å². The Morgan fingerprint density at radius 3 is 1.40 bits per heavy atom. The van der Waals surface area contributed by atoms with Crippen LogP contribution in [-0.2, 0) is 36.5 Å². The number of aromatic nitrogens is 1. The molecule has 0 aliphatic heterocycles. The summed E-state index contributed by atoms with van der Waals surface area (Å²) < 4.78 is 2.32. The normalized spacial score (nSPS) is 12.0. The Morgan fingerprint density at radius 2 is 0.833 bits per heavy atom. The molecule has 0 atom stereocenters. The van der Waals surface area contributed by atoms with Crippen LogP contribution in [-0.4, -0.2) is 4.57 Å². The van der Waals surface area contributed by atoms with E-state index in [1.54, 1.807) is 0 Å². The van der Waals surface area contributed by atoms with Crippen LogP contribution in [0.3, 0.4) is 0 Å². The Hall–Kier alpha value is -7.44. The molecule has 84 heavy (non-hydrogen) atoms. The lowest BCUT2D eigenvalue weighted by atomic mass is 9.81. The molecule has 0 saturated carbocycles. The molecule has 1 aliphatic carbocycles. The summed E-state index contributed by atoms with van der Waals surface area (Å²) >= 11 is 0. The van der Waals surface area contributed by atoms with Crippen LogP contribution in [0, 0.1) is 34.6 Å². The maximum atomic E-state index is 6.04. The first kappa shape index (κ1) is 65.7. The van der Waals surface area contributed by atoms with Crippen molar-refractivity contribution < 1.29 is 0 Å². The molecule has 1 heterocycles. The molecule has 446 valence electrons. The Bertz CT molecular complexity index is 3500. The fourth-order valence-corrected chi connectivity index (χ4v) is 11.4. The third-order valence-corrected chi connectivity index (χ3v) is 16.9. The average Bonchev–Trinajstić information content (AvgIpc) is 2.40. The van der Waals surface area contributed by atoms with E-state index in [0.717, 1.165) is 34.9 Å². The van der Waals surface area contributed by atoms with Gasteiger partial charge in [-0.05, 0) is 224 Å². The van der Waals surface area contributed by atoms with Gasteiger partial charge < -0.3 is 33.2 Å². The molecule has 0 amide bonds. The molecule has 0 bridgehead atoms. The van der Waals surface area contributed by atoms with Gasteiger partial charge in [-0.1, -0.05) is 192 Å². The van der Waals surface area contributed by atoms with Gasteiger partial charge in [0.1, 0.15) is 0 Å². The van der Waals surface area contributed by atoms with E-state index >= 15 is 0 Å². The molecule has 0 saturated heterocycles. The number of benzene rings is 8. The predicted molar refractivity (Wildman–Crippen MR) is 372 cm³/mol. The maximum absolute atomic E-state index is 6.04. The highest BCUT2D eigenvalue weighted by molar-refractivity contribution is 6.10. The molecule has 6 nitrogen and oxygen atoms in total. The van der Waals surface area contributed by atoms with Crippen LogP contribution in [0.25, 0.3) is 38.6 Å². The zero-order valence-electron chi connectivity index (χ0n) is 54.1. The molecule has 6 heteroatoms. The minimum absolute atomic E-state index is 0.0578. The second-order valence-corrected chi connectivity index (χ2v) is 25.3. The van der Waals surface area contributed by atoms with Crippen molar-refractivity contribution in [2.45, 2.75) is 198 Å². The number of nitrogens with zero attached hydrogens (tertiary/aromatic N) is 1. The average molecular weight is 1130 g/mol. The molecule has 0 radical (unpaired) electrons. The minimum atomic E-state index is 0.0578. The number of anilines is 5. The van der Waals surface area contributed by atoms with Crippen LogP contribution in [0.1, 0.15) is 193 Å². The van der Waals surface area contributed by atoms with Crippen LogP contribution in [0.15, 0.2) is 146 Å². The summed E-state index contributed by atoms with van der Waals surface area (Å²) in [4.78, 5) is 0. The number of nitrogen functional groups attached to an aromatic ring is 5. The second-order valence-electron chi connectivity index (χ2n) is 25.3. The van der Waals surface area contributed by atoms with Gasteiger partial charge in [0.25, 0.3) is 0 Å². The second kappa shape index (κ2) is 30.4. The molecule has 8 aromatic carbocycles. The van der Waals surface area contributed by atoms with Crippen molar-refractivity contribution in [3.63, 3.8) is 0 Å². The highest BCUT2D eigenvalue weighted by Crippen LogP contribution is 2.49. The highest BCUT2D eigenvalue weighted by atomic mass is 15.0. The van der Waals surface area contributed by atoms with Crippen molar-refractivity contribution >= 4 is 50.2 Å². The molecule has 0 unspecified atom stereocenters. The number of hydrogen-bond donors (Lipinski definition) is 5. The molecule has 1 aliphatic rings. The summed E-state index contributed by atoms with van der Waals surface area (Å²) in [5.41, 5.74) is 56.4. The van der Waals surface area contributed by atoms with Gasteiger partial charge in [0.15, 0.2) is 0 Å². The quantitative estimate of drug-likeness (QED) is 0.0515. The lowest BCUT2D eigenvalue weighted by molar-refractivity contribution is 0.589. The number of rotatable bonds is 15. The fraction of sp³-hybridized carbons (Fsp3) is 0.385. The van der Waals surface area contributed by atoms with Crippen LogP contribution < -0.4 is 28.7 Å². The molecule has 0 fully saturated rings. The summed E-state index contributed by atoms with van der Waals surface area (Å²) in [7, 11) is 0. The Labute approximate surface area is 507 Å². The van der Waals surface area contributed by atoms with Gasteiger partial charge in [-0.15, -0.1) is 0 Å². The first-order valence-electron chi connectivity index (χ1n) is 31.5. The summed E-state index contributed by atoms with van der Waals surface area (Å²) in [5, 5.41) is 2.49. The number of unbranched alkanes of at least 4 members (excludes halogenated alkanes) is 7. The number of fused-ring (bicyclic) bond motifs is 6. The standard InChI is InChI=1S/C21H20N2.C19H23N.C16H27N.C12H19N.C10H15N/c1-3-15-6-10-20-18(12-15)19-13-16(22)7-11-21(19)23(20)17-8-4-14(2)5-9-17;1-4-5-6-13-7-9-15-16-10-8-14(20)12-18(16)19(2,3)17(15)11-13;1-4-5-6-7-8-9-10-15-11-13(2)16(17)14(3)12-15;1-8-6-10(12(3,4)5)7-9(2)11(8)13;1-2-3-4-9-5-7-10(11)8-6-9/h4-13H,3,22H2,1-2H3;7-12H,4-6,20H2,1-3H3;11-12H,4-10,17H2,1-3H3;6-7H,13H2,1-5H3;5-8H,2-4,11H2,1H3. The molecule has 0 spiro atoms. The van der Waals surface area contributed by atoms with E-state index in [1.165, 1.54) is 189 Å². The first-order chi connectivity index (χ1) is 40.0. The largest absolute Gasteiger partial charge is 0.399 e. The van der Waals surface area contributed by atoms with Gasteiger partial charge in [-0.3, -0.25) is 0 Å². The van der Waals surface area contributed by atoms with E-state index in [-0.39, 0.29) is 10.8 Å². The van der Waals surface area contributed by atoms with E-state index in [0.29, 0.717) is 0 Å². The maximum Gasteiger partial charge on any atom is 0.0542 e. The van der Waals surface area contributed by atoms with Gasteiger partial charge in [0, 0.05) is 50.3 Å². The van der Waals surface area contributed by atoms with Gasteiger partial charge in [0.05, 0.1) is 11.0 Å². The van der Waals surface area contributed by atoms with E-state index < -0.39 is 0 Å². The molecule has 10 N–H and O–H groups in total. The van der Waals surface area contributed by atoms with Gasteiger partial charge in [0.2, 0.25) is 0 Å². The first-order valence-corrected chi connectivity index (χ1v) is 31.5. The molecule has 9 aromatic rings. The molecule has 1 aromatic heterocycles. The number of aryl methyl sites for hydroxylation is 9. The fourth-order valence-electron chi connectivity index (χ4n) is 11.4. The Balaban J connectivity index is 0.000000173. The van der Waals surface area contributed by atoms with Gasteiger partial charge in [-0.2, -0.15) is 0 Å². The lowest BCUT2D eigenvalue weighted by Gasteiger charge is -2.22. The van der Waals surface area contributed by atoms with Crippen molar-refractivity contribution in [1.82, 2.24) is 4.57 Å². The molecule has 10 rings (SSSR count). The van der Waals surface area contributed by atoms with Gasteiger partial charge >= 0.3 is 0 Å². The zero-order valence-corrected chi connectivity index (χ0v) is 54.1. The summed E-state index contributed by atoms with van der Waals surface area (Å²) in [6.07, 6.45) is 17.8. The van der Waals surface area contributed by atoms with Crippen LogP contribution >= 0.6 is 0 Å². The molecular weight excluding hydrogens is 1020 g/mol. The summed E-state index contributed by atoms with van der Waals surface area (Å²) in [6.45, 7) is 30.6. The van der Waals surface area contributed by atoms with E-state index in [1.807, 2.05) is 24.3 Å². The van der Waals surface area contributed by atoms with E-state index in [4.69, 9.17) is 28.7 Å². The molecular formula is C78H104N6. The smallest absolute Gasteiger partial charge is 0.0542 e. The van der Waals surface area contributed by atoms with Crippen LogP contribution in [0.5, 0.6) is 0 Å². The highest BCUT2D eigenvalue weighted by Gasteiger charge is 2.35. The monoisotopic (exact) mass is 1120 g/mol. The Morgan fingerprint density at radius 1 is 0.393 bits per heavy atom. The van der Waals surface area contributed by atoms with Crippen molar-refractivity contribution in [2.75, 3.05) is 28.7 Å². The van der Waals surface area contributed by atoms with E-state index in [2.05, 4.69) is 223 Å². The minimum Gasteiger partial charge on any atom is -0.399 e. The van der Waals surface area contributed by atoms with E-state index in [9.17, 15) is 0 Å². The summed E-state index contributed by atoms with van der Waals surface area (Å²) in [6, 6.07) is 51.9. The number of hydrogen-bond acceptors (Lipinski definition) is 5. The van der Waals surface area contributed by atoms with Crippen molar-refractivity contribution in [3.05, 3.63) is 212 Å². The third kappa shape index (κ3) is 17.3. The third-order valence-electron chi connectivity index (χ3n) is 16.9. The predicted octanol–water partition coefficient (Wildman–Crippen LogP) is 20.7. The SMILES string of the molecule is CCCCCCCCc1cc(C)c(N)c(C)c1.CCCCc1ccc(N)cc1.CCCCc1ccc2c(c1)C(C)(C)c1cc(N)ccc1-2.CCc1ccc2c(c1)c1cc(N)ccc1n2-c1ccc(C)cc1.Cc1cc(C(C)(C)C)cc(C)c1N. The zero-order chi connectivity index (χ0) is 61.3. The van der Waals surface area contributed by atoms with Crippen LogP contribution in [0.4, 0.5) is 28.4 Å². The Kier molecular flexibility index (Phi) is 23.8. The lowest BCUT2D eigenvalue weighted by Crippen LogP contribution is -2.15. The number of nitrogens with two attached hydrogens (primary N) is 5. The summed E-state index contributed by atoms with van der Waals surface area (Å²) in [5.74, 6) is 0. The van der Waals surface area contributed by atoms with Crippen molar-refractivity contribution in [1.29, 1.82) is 0 Å². The van der Waals surface area contributed by atoms with Gasteiger partial charge in [-0.25, -0.2) is 0 Å². The van der Waals surface area contributed by atoms with Crippen molar-refractivity contribution in [3.8, 4) is 16.8 Å². The van der Waals surface area contributed by atoms with Crippen molar-refractivity contribution in [2.24, 2.45) is 0 Å².